The molecule has 23 heavy (non-hydrogen) atoms. The lowest BCUT2D eigenvalue weighted by atomic mass is 9.75. The molecule has 0 heterocycles. The first kappa shape index (κ1) is 17.3. The average Bonchev–Trinajstić information content (AvgIpc) is 2.56. The van der Waals surface area contributed by atoms with Gasteiger partial charge >= 0.3 is 5.97 Å². The second-order valence-corrected chi connectivity index (χ2v) is 6.62. The van der Waals surface area contributed by atoms with Crippen molar-refractivity contribution in [2.75, 3.05) is 12.8 Å². The minimum absolute atomic E-state index is 0.0527. The maximum Gasteiger partial charge on any atom is 0.328 e. The van der Waals surface area contributed by atoms with E-state index < -0.39 is 12.0 Å². The highest BCUT2D eigenvalue weighted by Gasteiger charge is 2.36. The van der Waals surface area contributed by atoms with Crippen LogP contribution in [-0.2, 0) is 20.7 Å². The van der Waals surface area contributed by atoms with Gasteiger partial charge in [0.25, 0.3) is 0 Å². The van der Waals surface area contributed by atoms with Gasteiger partial charge in [-0.1, -0.05) is 38.3 Å². The van der Waals surface area contributed by atoms with Gasteiger partial charge in [-0.25, -0.2) is 4.79 Å². The molecule has 1 amide bonds. The van der Waals surface area contributed by atoms with Gasteiger partial charge < -0.3 is 15.8 Å². The molecule has 1 aromatic rings. The highest BCUT2D eigenvalue weighted by atomic mass is 16.5. The summed E-state index contributed by atoms with van der Waals surface area (Å²) in [6.45, 7) is 1.99. The average molecular weight is 318 g/mol. The standard InChI is InChI=1S/C18H26N2O3/c1-18(10-4-3-5-11-18)17(22)20-15(16(21)23-2)12-13-6-8-14(19)9-7-13/h6-9,15H,3-5,10-12,19H2,1-2H3,(H,20,22). The summed E-state index contributed by atoms with van der Waals surface area (Å²) in [5.74, 6) is -0.474. The van der Waals surface area contributed by atoms with E-state index in [1.807, 2.05) is 19.1 Å². The van der Waals surface area contributed by atoms with Crippen LogP contribution in [0, 0.1) is 5.41 Å². The molecule has 1 aromatic carbocycles. The zero-order valence-corrected chi connectivity index (χ0v) is 13.9. The Kier molecular flexibility index (Phi) is 5.64. The number of methoxy groups -OCH3 is 1. The third-order valence-electron chi connectivity index (χ3n) is 4.72. The number of amides is 1. The molecule has 1 saturated carbocycles. The van der Waals surface area contributed by atoms with Crippen molar-refractivity contribution in [3.05, 3.63) is 29.8 Å². The van der Waals surface area contributed by atoms with Crippen molar-refractivity contribution < 1.29 is 14.3 Å². The number of ether oxygens (including phenoxy) is 1. The fourth-order valence-corrected chi connectivity index (χ4v) is 3.12. The summed E-state index contributed by atoms with van der Waals surface area (Å²) in [6.07, 6.45) is 5.43. The Balaban J connectivity index is 2.07. The van der Waals surface area contributed by atoms with Gasteiger partial charge in [-0.05, 0) is 30.5 Å². The first-order valence-electron chi connectivity index (χ1n) is 8.18. The van der Waals surface area contributed by atoms with Crippen molar-refractivity contribution in [3.8, 4) is 0 Å². The lowest BCUT2D eigenvalue weighted by Crippen LogP contribution is -2.49. The van der Waals surface area contributed by atoms with Gasteiger partial charge in [0.15, 0.2) is 0 Å². The molecule has 5 heteroatoms. The van der Waals surface area contributed by atoms with Gasteiger partial charge in [0.1, 0.15) is 6.04 Å². The molecule has 1 atom stereocenters. The summed E-state index contributed by atoms with van der Waals surface area (Å²) in [4.78, 5) is 24.7. The van der Waals surface area contributed by atoms with Gasteiger partial charge in [0.2, 0.25) is 5.91 Å². The predicted octanol–water partition coefficient (Wildman–Crippen LogP) is 2.44. The lowest BCUT2D eigenvalue weighted by molar-refractivity contribution is -0.146. The van der Waals surface area contributed by atoms with E-state index in [1.165, 1.54) is 13.5 Å². The van der Waals surface area contributed by atoms with E-state index in [0.717, 1.165) is 31.2 Å². The molecule has 0 aromatic heterocycles. The maximum absolute atomic E-state index is 12.7. The molecule has 0 saturated heterocycles. The topological polar surface area (TPSA) is 81.4 Å². The lowest BCUT2D eigenvalue weighted by Gasteiger charge is -2.33. The largest absolute Gasteiger partial charge is 0.467 e. The minimum atomic E-state index is -0.671. The number of carbonyl (C=O) groups excluding carboxylic acids is 2. The third kappa shape index (κ3) is 4.47. The number of carbonyl (C=O) groups is 2. The number of nitrogens with one attached hydrogen (secondary N) is 1. The molecule has 126 valence electrons. The molecule has 3 N–H and O–H groups in total. The van der Waals surface area contributed by atoms with Crippen LogP contribution in [0.1, 0.15) is 44.6 Å². The quantitative estimate of drug-likeness (QED) is 0.645. The van der Waals surface area contributed by atoms with E-state index in [9.17, 15) is 9.59 Å². The van der Waals surface area contributed by atoms with Crippen molar-refractivity contribution in [2.45, 2.75) is 51.5 Å². The van der Waals surface area contributed by atoms with Crippen LogP contribution in [0.2, 0.25) is 0 Å². The summed E-state index contributed by atoms with van der Waals surface area (Å²) >= 11 is 0. The highest BCUT2D eigenvalue weighted by Crippen LogP contribution is 2.36. The van der Waals surface area contributed by atoms with Gasteiger partial charge in [0, 0.05) is 17.5 Å². The van der Waals surface area contributed by atoms with Crippen molar-refractivity contribution in [3.63, 3.8) is 0 Å². The van der Waals surface area contributed by atoms with E-state index >= 15 is 0 Å². The number of benzene rings is 1. The molecular formula is C18H26N2O3. The Morgan fingerprint density at radius 3 is 2.39 bits per heavy atom. The molecule has 0 radical (unpaired) electrons. The minimum Gasteiger partial charge on any atom is -0.467 e. The summed E-state index contributed by atoms with van der Waals surface area (Å²) in [5, 5.41) is 2.90. The van der Waals surface area contributed by atoms with Gasteiger partial charge in [-0.15, -0.1) is 0 Å². The zero-order valence-electron chi connectivity index (χ0n) is 13.9. The van der Waals surface area contributed by atoms with Crippen LogP contribution >= 0.6 is 0 Å². The summed E-state index contributed by atoms with van der Waals surface area (Å²) in [6, 6.07) is 6.62. The van der Waals surface area contributed by atoms with E-state index in [0.29, 0.717) is 12.1 Å². The summed E-state index contributed by atoms with van der Waals surface area (Å²) in [7, 11) is 1.34. The Hall–Kier alpha value is -2.04. The molecular weight excluding hydrogens is 292 g/mol. The van der Waals surface area contributed by atoms with E-state index in [-0.39, 0.29) is 11.3 Å². The molecule has 0 spiro atoms. The molecule has 0 aliphatic heterocycles. The number of hydrogen-bond donors (Lipinski definition) is 2. The van der Waals surface area contributed by atoms with Crippen molar-refractivity contribution >= 4 is 17.6 Å². The van der Waals surface area contributed by atoms with E-state index in [2.05, 4.69) is 5.32 Å². The number of nitrogens with two attached hydrogens (primary N) is 1. The fraction of sp³-hybridized carbons (Fsp3) is 0.556. The summed E-state index contributed by atoms with van der Waals surface area (Å²) < 4.78 is 4.85. The Bertz CT molecular complexity index is 548. The number of hydrogen-bond acceptors (Lipinski definition) is 4. The van der Waals surface area contributed by atoms with E-state index in [4.69, 9.17) is 10.5 Å². The normalized spacial score (nSPS) is 18.0. The monoisotopic (exact) mass is 318 g/mol. The maximum atomic E-state index is 12.7. The second kappa shape index (κ2) is 7.49. The van der Waals surface area contributed by atoms with Crippen LogP contribution in [0.15, 0.2) is 24.3 Å². The van der Waals surface area contributed by atoms with Crippen molar-refractivity contribution in [2.24, 2.45) is 5.41 Å². The van der Waals surface area contributed by atoms with Crippen LogP contribution in [0.5, 0.6) is 0 Å². The number of nitrogen functional groups attached to an aromatic ring is 1. The number of anilines is 1. The molecule has 1 aliphatic carbocycles. The molecule has 1 aliphatic rings. The zero-order chi connectivity index (χ0) is 16.9. The van der Waals surface area contributed by atoms with Crippen molar-refractivity contribution in [1.82, 2.24) is 5.32 Å². The Morgan fingerprint density at radius 1 is 1.22 bits per heavy atom. The van der Waals surface area contributed by atoms with Crippen LogP contribution < -0.4 is 11.1 Å². The Labute approximate surface area is 137 Å². The SMILES string of the molecule is COC(=O)C(Cc1ccc(N)cc1)NC(=O)C1(C)CCCCC1. The fourth-order valence-electron chi connectivity index (χ4n) is 3.12. The van der Waals surface area contributed by atoms with Crippen LogP contribution in [0.25, 0.3) is 0 Å². The first-order chi connectivity index (χ1) is 10.9. The number of esters is 1. The Morgan fingerprint density at radius 2 is 1.83 bits per heavy atom. The molecule has 1 unspecified atom stereocenters. The molecule has 1 fully saturated rings. The first-order valence-corrected chi connectivity index (χ1v) is 8.18. The highest BCUT2D eigenvalue weighted by molar-refractivity contribution is 5.88. The second-order valence-electron chi connectivity index (χ2n) is 6.62. The van der Waals surface area contributed by atoms with Gasteiger partial charge in [0.05, 0.1) is 7.11 Å². The molecule has 2 rings (SSSR count). The third-order valence-corrected chi connectivity index (χ3v) is 4.72. The molecule has 0 bridgehead atoms. The summed E-state index contributed by atoms with van der Waals surface area (Å²) in [5.41, 5.74) is 6.90. The number of rotatable bonds is 5. The van der Waals surface area contributed by atoms with Gasteiger partial charge in [-0.2, -0.15) is 0 Å². The van der Waals surface area contributed by atoms with Crippen LogP contribution in [0.4, 0.5) is 5.69 Å². The van der Waals surface area contributed by atoms with E-state index in [1.54, 1.807) is 12.1 Å². The van der Waals surface area contributed by atoms with Crippen LogP contribution in [-0.4, -0.2) is 25.0 Å². The van der Waals surface area contributed by atoms with Gasteiger partial charge in [-0.3, -0.25) is 4.79 Å². The predicted molar refractivity (Wildman–Crippen MR) is 89.7 cm³/mol. The smallest absolute Gasteiger partial charge is 0.328 e. The van der Waals surface area contributed by atoms with Crippen molar-refractivity contribution in [1.29, 1.82) is 0 Å². The van der Waals surface area contributed by atoms with Crippen LogP contribution in [0.3, 0.4) is 0 Å². The molecule has 5 nitrogen and oxygen atoms in total.